The second-order valence-electron chi connectivity index (χ2n) is 5.49. The van der Waals surface area contributed by atoms with Crippen LogP contribution in [0.25, 0.3) is 0 Å². The molecule has 1 aliphatic rings. The van der Waals surface area contributed by atoms with Crippen molar-refractivity contribution >= 4 is 5.91 Å². The first-order valence-corrected chi connectivity index (χ1v) is 7.90. The molecular formula is C18H21N3O2. The minimum absolute atomic E-state index is 0.0557. The first kappa shape index (κ1) is 15.6. The van der Waals surface area contributed by atoms with E-state index in [2.05, 4.69) is 15.2 Å². The molecule has 1 unspecified atom stereocenters. The highest BCUT2D eigenvalue weighted by Gasteiger charge is 2.24. The maximum absolute atomic E-state index is 12.3. The number of carbonyl (C=O) groups is 1. The first-order valence-electron chi connectivity index (χ1n) is 7.90. The van der Waals surface area contributed by atoms with Gasteiger partial charge in [0.05, 0.1) is 24.9 Å². The monoisotopic (exact) mass is 311 g/mol. The third-order valence-electron chi connectivity index (χ3n) is 4.01. The average molecular weight is 311 g/mol. The Hall–Kier alpha value is -2.24. The predicted molar refractivity (Wildman–Crippen MR) is 88.1 cm³/mol. The molecule has 5 heteroatoms. The van der Waals surface area contributed by atoms with Crippen LogP contribution in [0.3, 0.4) is 0 Å². The van der Waals surface area contributed by atoms with Gasteiger partial charge in [-0.25, -0.2) is 0 Å². The molecule has 1 aromatic carbocycles. The van der Waals surface area contributed by atoms with E-state index in [0.717, 1.165) is 32.0 Å². The van der Waals surface area contributed by atoms with Gasteiger partial charge in [-0.3, -0.25) is 14.7 Å². The number of morpholine rings is 1. The van der Waals surface area contributed by atoms with Gasteiger partial charge in [0.2, 0.25) is 0 Å². The Morgan fingerprint density at radius 1 is 1.13 bits per heavy atom. The Labute approximate surface area is 136 Å². The van der Waals surface area contributed by atoms with E-state index in [9.17, 15) is 4.79 Å². The molecule has 23 heavy (non-hydrogen) atoms. The topological polar surface area (TPSA) is 54.5 Å². The Morgan fingerprint density at radius 2 is 1.87 bits per heavy atom. The average Bonchev–Trinajstić information content (AvgIpc) is 2.64. The van der Waals surface area contributed by atoms with Crippen LogP contribution in [0.1, 0.15) is 22.1 Å². The van der Waals surface area contributed by atoms with Crippen molar-refractivity contribution in [3.8, 4) is 0 Å². The molecule has 5 nitrogen and oxygen atoms in total. The van der Waals surface area contributed by atoms with Crippen molar-refractivity contribution in [1.29, 1.82) is 0 Å². The van der Waals surface area contributed by atoms with Gasteiger partial charge in [0, 0.05) is 31.4 Å². The number of hydrogen-bond acceptors (Lipinski definition) is 4. The van der Waals surface area contributed by atoms with Gasteiger partial charge >= 0.3 is 0 Å². The van der Waals surface area contributed by atoms with Crippen LogP contribution in [0.15, 0.2) is 54.7 Å². The molecule has 1 atom stereocenters. The van der Waals surface area contributed by atoms with E-state index in [-0.39, 0.29) is 11.9 Å². The van der Waals surface area contributed by atoms with Crippen LogP contribution in [0.4, 0.5) is 0 Å². The van der Waals surface area contributed by atoms with Crippen LogP contribution < -0.4 is 5.32 Å². The van der Waals surface area contributed by atoms with Gasteiger partial charge in [0.15, 0.2) is 0 Å². The number of nitrogens with zero attached hydrogens (tertiary/aromatic N) is 2. The van der Waals surface area contributed by atoms with Crippen molar-refractivity contribution in [3.05, 3.63) is 66.0 Å². The van der Waals surface area contributed by atoms with Crippen LogP contribution in [0.2, 0.25) is 0 Å². The van der Waals surface area contributed by atoms with Gasteiger partial charge in [0.1, 0.15) is 0 Å². The third-order valence-corrected chi connectivity index (χ3v) is 4.01. The molecule has 120 valence electrons. The lowest BCUT2D eigenvalue weighted by molar-refractivity contribution is 0.0154. The number of pyridine rings is 1. The summed E-state index contributed by atoms with van der Waals surface area (Å²) in [6.45, 7) is 3.67. The zero-order chi connectivity index (χ0) is 15.9. The molecule has 1 aromatic heterocycles. The highest BCUT2D eigenvalue weighted by atomic mass is 16.5. The lowest BCUT2D eigenvalue weighted by Crippen LogP contribution is -2.44. The molecule has 0 bridgehead atoms. The second-order valence-corrected chi connectivity index (χ2v) is 5.49. The fraction of sp³-hybridized carbons (Fsp3) is 0.333. The summed E-state index contributed by atoms with van der Waals surface area (Å²) in [4.78, 5) is 19.1. The van der Waals surface area contributed by atoms with Crippen LogP contribution in [0, 0.1) is 0 Å². The largest absolute Gasteiger partial charge is 0.379 e. The Bertz CT molecular complexity index is 613. The SMILES string of the molecule is O=C(NCC(c1ccccn1)N1CCOCC1)c1ccccc1. The number of amides is 1. The number of rotatable bonds is 5. The Morgan fingerprint density at radius 3 is 2.57 bits per heavy atom. The van der Waals surface area contributed by atoms with Gasteiger partial charge in [0.25, 0.3) is 5.91 Å². The van der Waals surface area contributed by atoms with E-state index in [1.54, 1.807) is 6.20 Å². The van der Waals surface area contributed by atoms with Crippen molar-refractivity contribution in [3.63, 3.8) is 0 Å². The Balaban J connectivity index is 1.70. The summed E-state index contributed by atoms with van der Waals surface area (Å²) in [7, 11) is 0. The van der Waals surface area contributed by atoms with Gasteiger partial charge in [-0.15, -0.1) is 0 Å². The van der Waals surface area contributed by atoms with E-state index < -0.39 is 0 Å². The van der Waals surface area contributed by atoms with E-state index in [4.69, 9.17) is 4.74 Å². The van der Waals surface area contributed by atoms with Gasteiger partial charge in [-0.2, -0.15) is 0 Å². The van der Waals surface area contributed by atoms with Crippen LogP contribution in [-0.2, 0) is 4.74 Å². The minimum atomic E-state index is -0.0557. The van der Waals surface area contributed by atoms with Gasteiger partial charge < -0.3 is 10.1 Å². The summed E-state index contributed by atoms with van der Waals surface area (Å²) < 4.78 is 5.43. The summed E-state index contributed by atoms with van der Waals surface area (Å²) in [6.07, 6.45) is 1.79. The molecule has 1 N–H and O–H groups in total. The maximum Gasteiger partial charge on any atom is 0.251 e. The van der Waals surface area contributed by atoms with E-state index >= 15 is 0 Å². The summed E-state index contributed by atoms with van der Waals surface area (Å²) in [5.74, 6) is -0.0557. The van der Waals surface area contributed by atoms with E-state index in [1.807, 2.05) is 48.5 Å². The standard InChI is InChI=1S/C18H21N3O2/c22-18(15-6-2-1-3-7-15)20-14-17(16-8-4-5-9-19-16)21-10-12-23-13-11-21/h1-9,17H,10-14H2,(H,20,22). The van der Waals surface area contributed by atoms with Crippen LogP contribution >= 0.6 is 0 Å². The summed E-state index contributed by atoms with van der Waals surface area (Å²) in [6, 6.07) is 15.2. The Kier molecular flexibility index (Phi) is 5.34. The molecular weight excluding hydrogens is 290 g/mol. The van der Waals surface area contributed by atoms with Gasteiger partial charge in [-0.1, -0.05) is 24.3 Å². The molecule has 1 aliphatic heterocycles. The summed E-state index contributed by atoms with van der Waals surface area (Å²) in [5.41, 5.74) is 1.65. The number of nitrogens with one attached hydrogen (secondary N) is 1. The van der Waals surface area contributed by atoms with Gasteiger partial charge in [-0.05, 0) is 24.3 Å². The molecule has 3 rings (SSSR count). The number of aromatic nitrogens is 1. The van der Waals surface area contributed by atoms with Crippen molar-refractivity contribution in [1.82, 2.24) is 15.2 Å². The zero-order valence-corrected chi connectivity index (χ0v) is 13.0. The molecule has 0 aliphatic carbocycles. The van der Waals surface area contributed by atoms with Crippen molar-refractivity contribution in [2.75, 3.05) is 32.8 Å². The molecule has 1 fully saturated rings. The smallest absolute Gasteiger partial charge is 0.251 e. The third kappa shape index (κ3) is 4.15. The number of hydrogen-bond donors (Lipinski definition) is 1. The highest BCUT2D eigenvalue weighted by Crippen LogP contribution is 2.19. The molecule has 1 amide bonds. The van der Waals surface area contributed by atoms with Crippen LogP contribution in [0.5, 0.6) is 0 Å². The second kappa shape index (κ2) is 7.85. The molecule has 2 aromatic rings. The normalized spacial score (nSPS) is 16.7. The zero-order valence-electron chi connectivity index (χ0n) is 13.0. The highest BCUT2D eigenvalue weighted by molar-refractivity contribution is 5.94. The quantitative estimate of drug-likeness (QED) is 0.916. The summed E-state index contributed by atoms with van der Waals surface area (Å²) >= 11 is 0. The molecule has 0 spiro atoms. The molecule has 0 saturated carbocycles. The number of ether oxygens (including phenoxy) is 1. The fourth-order valence-corrected chi connectivity index (χ4v) is 2.76. The maximum atomic E-state index is 12.3. The van der Waals surface area contributed by atoms with Crippen molar-refractivity contribution in [2.45, 2.75) is 6.04 Å². The van der Waals surface area contributed by atoms with E-state index in [1.165, 1.54) is 0 Å². The fourth-order valence-electron chi connectivity index (χ4n) is 2.76. The van der Waals surface area contributed by atoms with Crippen molar-refractivity contribution < 1.29 is 9.53 Å². The van der Waals surface area contributed by atoms with Crippen molar-refractivity contribution in [2.24, 2.45) is 0 Å². The number of carbonyl (C=O) groups excluding carboxylic acids is 1. The molecule has 0 radical (unpaired) electrons. The first-order chi connectivity index (χ1) is 11.3. The van der Waals surface area contributed by atoms with Crippen LogP contribution in [-0.4, -0.2) is 48.6 Å². The molecule has 2 heterocycles. The van der Waals surface area contributed by atoms with E-state index in [0.29, 0.717) is 12.1 Å². The summed E-state index contributed by atoms with van der Waals surface area (Å²) in [5, 5.41) is 3.03. The predicted octanol–water partition coefficient (Wildman–Crippen LogP) is 1.88. The number of benzene rings is 1. The lowest BCUT2D eigenvalue weighted by Gasteiger charge is -2.34. The minimum Gasteiger partial charge on any atom is -0.379 e. The molecule has 1 saturated heterocycles. The lowest BCUT2D eigenvalue weighted by atomic mass is 10.1.